The first-order valence-electron chi connectivity index (χ1n) is 14.4. The molecular weight excluding hydrogens is 587 g/mol. The highest BCUT2D eigenvalue weighted by Gasteiger charge is 2.62. The van der Waals surface area contributed by atoms with E-state index >= 15 is 0 Å². The first kappa shape index (κ1) is 30.1. The molecule has 236 valence electrons. The monoisotopic (exact) mass is 625 g/mol. The number of sulfonamides is 1. The van der Waals surface area contributed by atoms with Crippen molar-refractivity contribution < 1.29 is 31.1 Å². The Morgan fingerprint density at radius 3 is 2.53 bits per heavy atom. The van der Waals surface area contributed by atoms with Crippen LogP contribution in [-0.2, 0) is 27.5 Å². The average molecular weight is 626 g/mol. The molecule has 0 amide bonds. The van der Waals surface area contributed by atoms with Gasteiger partial charge in [-0.3, -0.25) is 4.68 Å². The predicted molar refractivity (Wildman–Crippen MR) is 151 cm³/mol. The molecule has 4 aliphatic rings. The van der Waals surface area contributed by atoms with E-state index in [2.05, 4.69) is 46.7 Å². The van der Waals surface area contributed by atoms with Gasteiger partial charge in [-0.1, -0.05) is 13.0 Å². The van der Waals surface area contributed by atoms with Crippen molar-refractivity contribution in [3.8, 4) is 5.88 Å². The molecule has 2 aromatic heterocycles. The summed E-state index contributed by atoms with van der Waals surface area (Å²) >= 11 is 0. The maximum absolute atomic E-state index is 13.3. The van der Waals surface area contributed by atoms with Gasteiger partial charge < -0.3 is 14.4 Å². The Labute approximate surface area is 249 Å². The summed E-state index contributed by atoms with van der Waals surface area (Å²) in [6, 6.07) is 1.56. The van der Waals surface area contributed by atoms with Gasteiger partial charge in [0.1, 0.15) is 23.4 Å². The zero-order valence-corrected chi connectivity index (χ0v) is 26.1. The molecular formula is C28H38F3N7O4S. The molecule has 2 saturated heterocycles. The molecule has 1 saturated carbocycles. The maximum atomic E-state index is 13.3. The summed E-state index contributed by atoms with van der Waals surface area (Å²) < 4.78 is 83.4. The lowest BCUT2D eigenvalue weighted by atomic mass is 9.94. The first-order chi connectivity index (χ1) is 19.8. The van der Waals surface area contributed by atoms with Gasteiger partial charge in [-0.25, -0.2) is 18.1 Å². The average Bonchev–Trinajstić information content (AvgIpc) is 3.63. The molecule has 3 aliphatic heterocycles. The Morgan fingerprint density at radius 2 is 1.93 bits per heavy atom. The van der Waals surface area contributed by atoms with Gasteiger partial charge in [-0.2, -0.15) is 23.0 Å². The minimum absolute atomic E-state index is 0.0456. The number of hydrogen-bond donors (Lipinski definition) is 1. The van der Waals surface area contributed by atoms with Crippen LogP contribution in [-0.4, -0.2) is 75.9 Å². The number of aromatic nitrogens is 4. The maximum Gasteiger partial charge on any atom is 0.397 e. The molecule has 0 radical (unpaired) electrons. The third-order valence-corrected chi connectivity index (χ3v) is 10.4. The fraction of sp³-hybridized carbons (Fsp3) is 0.679. The summed E-state index contributed by atoms with van der Waals surface area (Å²) in [6.07, 6.45) is 1.14. The fourth-order valence-electron chi connectivity index (χ4n) is 6.27. The standard InChI is InChI=1S/C28H38F3N7O4S/c1-16-11-26(5,6)37(13-16)23-19(22-24(42-22)35-43(39,40)20-14-36(7)33-17(20)2)10-18-12-27(18,32-23)38-9-8-21(34-38)41-15-25(3,4)28(29,30)31/h8-10,14,16,18,22,24,35H,11-13,15H2,1-7H3. The van der Waals surface area contributed by atoms with E-state index in [1.165, 1.54) is 10.9 Å². The largest absolute Gasteiger partial charge is 0.476 e. The van der Waals surface area contributed by atoms with E-state index in [1.807, 2.05) is 0 Å². The molecule has 43 heavy (non-hydrogen) atoms. The van der Waals surface area contributed by atoms with Gasteiger partial charge in [-0.15, -0.1) is 5.10 Å². The molecule has 5 unspecified atom stereocenters. The molecule has 2 aromatic rings. The Balaban J connectivity index is 1.26. The van der Waals surface area contributed by atoms with Crippen molar-refractivity contribution in [1.82, 2.24) is 29.2 Å². The molecule has 1 aliphatic carbocycles. The molecule has 5 heterocycles. The van der Waals surface area contributed by atoms with Crippen LogP contribution >= 0.6 is 0 Å². The Morgan fingerprint density at radius 1 is 1.21 bits per heavy atom. The van der Waals surface area contributed by atoms with E-state index in [-0.39, 0.29) is 22.2 Å². The summed E-state index contributed by atoms with van der Waals surface area (Å²) in [4.78, 5) is 7.60. The molecule has 11 nitrogen and oxygen atoms in total. The number of hydrogen-bond acceptors (Lipinski definition) is 8. The smallest absolute Gasteiger partial charge is 0.397 e. The zero-order valence-electron chi connectivity index (χ0n) is 25.3. The predicted octanol–water partition coefficient (Wildman–Crippen LogP) is 3.73. The van der Waals surface area contributed by atoms with Crippen LogP contribution in [0.25, 0.3) is 0 Å². The molecule has 15 heteroatoms. The number of halogens is 3. The van der Waals surface area contributed by atoms with Gasteiger partial charge in [0.2, 0.25) is 15.9 Å². The van der Waals surface area contributed by atoms with Crippen LogP contribution in [0, 0.1) is 24.2 Å². The molecule has 5 atom stereocenters. The number of rotatable bonds is 8. The third-order valence-electron chi connectivity index (χ3n) is 8.86. The number of epoxide rings is 1. The van der Waals surface area contributed by atoms with Crippen molar-refractivity contribution in [3.63, 3.8) is 0 Å². The van der Waals surface area contributed by atoms with E-state index in [0.29, 0.717) is 18.0 Å². The van der Waals surface area contributed by atoms with Gasteiger partial charge in [0.05, 0.1) is 11.1 Å². The minimum atomic E-state index is -4.41. The third kappa shape index (κ3) is 5.26. The number of aliphatic imine (C=N–C) groups is 1. The summed E-state index contributed by atoms with van der Waals surface area (Å²) in [5.41, 5.74) is -1.75. The Kier molecular flexibility index (Phi) is 6.69. The van der Waals surface area contributed by atoms with E-state index in [0.717, 1.165) is 38.2 Å². The summed E-state index contributed by atoms with van der Waals surface area (Å²) in [5.74, 6) is 1.19. The van der Waals surface area contributed by atoms with Crippen LogP contribution in [0.15, 0.2) is 40.0 Å². The van der Waals surface area contributed by atoms with Crippen LogP contribution < -0.4 is 9.46 Å². The van der Waals surface area contributed by atoms with Crippen LogP contribution in [0.5, 0.6) is 5.88 Å². The van der Waals surface area contributed by atoms with E-state index in [4.69, 9.17) is 14.5 Å². The number of nitrogens with zero attached hydrogens (tertiary/aromatic N) is 6. The summed E-state index contributed by atoms with van der Waals surface area (Å²) in [5, 5.41) is 8.62. The summed E-state index contributed by atoms with van der Waals surface area (Å²) in [7, 11) is -2.20. The number of likely N-dealkylation sites (tertiary alicyclic amines) is 1. The molecule has 3 fully saturated rings. The van der Waals surface area contributed by atoms with Gasteiger partial charge in [0, 0.05) is 55.5 Å². The number of nitrogens with one attached hydrogen (secondary N) is 1. The van der Waals surface area contributed by atoms with Gasteiger partial charge in [0.15, 0.2) is 11.9 Å². The number of fused-ring (bicyclic) bond motifs is 1. The second-order valence-electron chi connectivity index (χ2n) is 13.6. The number of amidine groups is 1. The summed E-state index contributed by atoms with van der Waals surface area (Å²) in [6.45, 7) is 10.5. The van der Waals surface area contributed by atoms with Crippen molar-refractivity contribution >= 4 is 15.9 Å². The first-order valence-corrected chi connectivity index (χ1v) is 15.8. The topological polar surface area (TPSA) is 119 Å². The molecule has 1 N–H and O–H groups in total. The normalized spacial score (nSPS) is 30.1. The van der Waals surface area contributed by atoms with Crippen LogP contribution in [0.4, 0.5) is 13.2 Å². The van der Waals surface area contributed by atoms with Crippen molar-refractivity contribution in [1.29, 1.82) is 0 Å². The van der Waals surface area contributed by atoms with Crippen molar-refractivity contribution in [2.75, 3.05) is 13.2 Å². The quantitative estimate of drug-likeness (QED) is 0.444. The van der Waals surface area contributed by atoms with E-state index in [9.17, 15) is 21.6 Å². The van der Waals surface area contributed by atoms with Crippen LogP contribution in [0.2, 0.25) is 0 Å². The highest BCUT2D eigenvalue weighted by atomic mass is 32.2. The van der Waals surface area contributed by atoms with Crippen molar-refractivity contribution in [3.05, 3.63) is 35.8 Å². The molecule has 0 aromatic carbocycles. The number of dihydropyridines is 1. The lowest BCUT2D eigenvalue weighted by molar-refractivity contribution is -0.219. The van der Waals surface area contributed by atoms with Gasteiger partial charge in [-0.05, 0) is 47.0 Å². The Hall–Kier alpha value is -2.91. The minimum Gasteiger partial charge on any atom is -0.476 e. The highest BCUT2D eigenvalue weighted by Crippen LogP contribution is 2.57. The van der Waals surface area contributed by atoms with Crippen LogP contribution in [0.3, 0.4) is 0 Å². The number of ether oxygens (including phenoxy) is 2. The Bertz CT molecular complexity index is 1610. The second-order valence-corrected chi connectivity index (χ2v) is 15.3. The molecule has 0 bridgehead atoms. The lowest BCUT2D eigenvalue weighted by Gasteiger charge is -2.37. The van der Waals surface area contributed by atoms with E-state index in [1.54, 1.807) is 30.9 Å². The molecule has 0 spiro atoms. The second kappa shape index (κ2) is 9.54. The lowest BCUT2D eigenvalue weighted by Crippen LogP contribution is -2.46. The SMILES string of the molecule is Cc1nn(C)cc1S(=O)(=O)NC1OC1C1=CC2CC2(n2ccc(OCC(C)(C)C(F)(F)F)n2)N=C1N1CC(C)CC1(C)C. The van der Waals surface area contributed by atoms with Crippen LogP contribution in [0.1, 0.15) is 53.2 Å². The zero-order chi connectivity index (χ0) is 31.3. The van der Waals surface area contributed by atoms with Gasteiger partial charge >= 0.3 is 6.18 Å². The van der Waals surface area contributed by atoms with Crippen molar-refractivity contribution in [2.45, 2.75) is 89.0 Å². The van der Waals surface area contributed by atoms with E-state index < -0.39 is 46.2 Å². The van der Waals surface area contributed by atoms with Crippen molar-refractivity contribution in [2.24, 2.45) is 29.3 Å². The number of aryl methyl sites for hydroxylation is 2. The molecule has 6 rings (SSSR count). The number of alkyl halides is 3. The fourth-order valence-corrected chi connectivity index (χ4v) is 7.60. The van der Waals surface area contributed by atoms with Gasteiger partial charge in [0.25, 0.3) is 0 Å². The highest BCUT2D eigenvalue weighted by molar-refractivity contribution is 7.89.